The number of hydrogen-bond donors (Lipinski definition) is 2. The van der Waals surface area contributed by atoms with E-state index in [1.807, 2.05) is 30.5 Å². The highest BCUT2D eigenvalue weighted by atomic mass is 16.5. The van der Waals surface area contributed by atoms with Gasteiger partial charge in [-0.2, -0.15) is 0 Å². The predicted molar refractivity (Wildman–Crippen MR) is 139 cm³/mol. The van der Waals surface area contributed by atoms with Gasteiger partial charge in [0.15, 0.2) is 0 Å². The van der Waals surface area contributed by atoms with Crippen LogP contribution < -0.4 is 5.32 Å². The van der Waals surface area contributed by atoms with E-state index in [1.54, 1.807) is 20.2 Å². The zero-order chi connectivity index (χ0) is 24.9. The average molecular weight is 487 g/mol. The van der Waals surface area contributed by atoms with Crippen molar-refractivity contribution in [3.05, 3.63) is 60.6 Å². The second kappa shape index (κ2) is 10.8. The van der Waals surface area contributed by atoms with Crippen LogP contribution >= 0.6 is 0 Å². The lowest BCUT2D eigenvalue weighted by Crippen LogP contribution is -2.32. The SMILES string of the molecule is CCOC(=O)Nc1nc2cc(-c3ccc(CN4CCC[C@H]4COC)nc3)cc(-c3ccccn3)c2[nH]1. The van der Waals surface area contributed by atoms with Crippen molar-refractivity contribution in [2.45, 2.75) is 32.4 Å². The fourth-order valence-corrected chi connectivity index (χ4v) is 4.71. The summed E-state index contributed by atoms with van der Waals surface area (Å²) in [6.45, 7) is 4.68. The van der Waals surface area contributed by atoms with Gasteiger partial charge in [0.1, 0.15) is 0 Å². The molecule has 36 heavy (non-hydrogen) atoms. The molecule has 1 fully saturated rings. The summed E-state index contributed by atoms with van der Waals surface area (Å²) in [4.78, 5) is 31.4. The highest BCUT2D eigenvalue weighted by Gasteiger charge is 2.24. The summed E-state index contributed by atoms with van der Waals surface area (Å²) in [5.41, 5.74) is 6.17. The number of carbonyl (C=O) groups is 1. The molecule has 9 nitrogen and oxygen atoms in total. The number of rotatable bonds is 8. The van der Waals surface area contributed by atoms with Gasteiger partial charge in [-0.3, -0.25) is 20.2 Å². The molecular weight excluding hydrogens is 456 g/mol. The Morgan fingerprint density at radius 3 is 2.86 bits per heavy atom. The molecule has 9 heteroatoms. The number of H-pyrrole nitrogens is 1. The molecule has 0 spiro atoms. The van der Waals surface area contributed by atoms with E-state index >= 15 is 0 Å². The molecule has 4 aromatic rings. The Hall–Kier alpha value is -3.82. The van der Waals surface area contributed by atoms with Crippen molar-refractivity contribution in [1.82, 2.24) is 24.8 Å². The summed E-state index contributed by atoms with van der Waals surface area (Å²) < 4.78 is 10.4. The Kier molecular flexibility index (Phi) is 7.20. The first-order valence-corrected chi connectivity index (χ1v) is 12.2. The summed E-state index contributed by atoms with van der Waals surface area (Å²) >= 11 is 0. The van der Waals surface area contributed by atoms with Crippen LogP contribution in [0.15, 0.2) is 54.9 Å². The van der Waals surface area contributed by atoms with Gasteiger partial charge < -0.3 is 14.5 Å². The van der Waals surface area contributed by atoms with E-state index in [9.17, 15) is 4.79 Å². The number of nitrogens with one attached hydrogen (secondary N) is 2. The molecule has 0 aliphatic carbocycles. The highest BCUT2D eigenvalue weighted by Crippen LogP contribution is 2.33. The number of anilines is 1. The van der Waals surface area contributed by atoms with Crippen LogP contribution in [0.1, 0.15) is 25.5 Å². The normalized spacial score (nSPS) is 15.9. The molecule has 1 saturated heterocycles. The molecule has 5 rings (SSSR count). The minimum atomic E-state index is -0.554. The first kappa shape index (κ1) is 23.9. The van der Waals surface area contributed by atoms with Crippen LogP contribution in [0.4, 0.5) is 10.7 Å². The molecule has 0 radical (unpaired) electrons. The van der Waals surface area contributed by atoms with E-state index in [4.69, 9.17) is 14.5 Å². The van der Waals surface area contributed by atoms with Crippen LogP contribution in [0.25, 0.3) is 33.4 Å². The number of aromatic amines is 1. The smallest absolute Gasteiger partial charge is 0.413 e. The Bertz CT molecular complexity index is 1320. The second-order valence-electron chi connectivity index (χ2n) is 8.82. The average Bonchev–Trinajstić information content (AvgIpc) is 3.51. The Morgan fingerprint density at radius 1 is 1.19 bits per heavy atom. The molecule has 1 amide bonds. The summed E-state index contributed by atoms with van der Waals surface area (Å²) in [6, 6.07) is 14.5. The minimum absolute atomic E-state index is 0.281. The van der Waals surface area contributed by atoms with Gasteiger partial charge in [-0.25, -0.2) is 9.78 Å². The van der Waals surface area contributed by atoms with Crippen LogP contribution in [0.3, 0.4) is 0 Å². The minimum Gasteiger partial charge on any atom is -0.450 e. The fraction of sp³-hybridized carbons (Fsp3) is 0.333. The number of aromatic nitrogens is 4. The van der Waals surface area contributed by atoms with Crippen molar-refractivity contribution in [3.63, 3.8) is 0 Å². The summed E-state index contributed by atoms with van der Waals surface area (Å²) in [6.07, 6.45) is 5.47. The van der Waals surface area contributed by atoms with E-state index in [-0.39, 0.29) is 6.61 Å². The third kappa shape index (κ3) is 5.22. The topological polar surface area (TPSA) is 105 Å². The third-order valence-electron chi connectivity index (χ3n) is 6.41. The molecule has 3 aromatic heterocycles. The van der Waals surface area contributed by atoms with Gasteiger partial charge in [0.05, 0.1) is 35.6 Å². The van der Waals surface area contributed by atoms with Crippen molar-refractivity contribution in [2.24, 2.45) is 0 Å². The number of carbonyl (C=O) groups excluding carboxylic acids is 1. The van der Waals surface area contributed by atoms with Gasteiger partial charge in [-0.15, -0.1) is 0 Å². The van der Waals surface area contributed by atoms with Crippen molar-refractivity contribution < 1.29 is 14.3 Å². The molecule has 1 aliphatic heterocycles. The lowest BCUT2D eigenvalue weighted by Gasteiger charge is -2.23. The van der Waals surface area contributed by atoms with E-state index in [2.05, 4.69) is 43.4 Å². The van der Waals surface area contributed by atoms with Gasteiger partial charge in [0.2, 0.25) is 5.95 Å². The molecule has 0 saturated carbocycles. The number of ether oxygens (including phenoxy) is 2. The number of hydrogen-bond acceptors (Lipinski definition) is 7. The zero-order valence-corrected chi connectivity index (χ0v) is 20.5. The van der Waals surface area contributed by atoms with Crippen molar-refractivity contribution in [3.8, 4) is 22.4 Å². The van der Waals surface area contributed by atoms with Crippen LogP contribution in [0, 0.1) is 0 Å². The fourth-order valence-electron chi connectivity index (χ4n) is 4.71. The van der Waals surface area contributed by atoms with E-state index < -0.39 is 6.09 Å². The van der Waals surface area contributed by atoms with Gasteiger partial charge >= 0.3 is 6.09 Å². The van der Waals surface area contributed by atoms with Gasteiger partial charge in [0.25, 0.3) is 0 Å². The summed E-state index contributed by atoms with van der Waals surface area (Å²) in [7, 11) is 1.76. The van der Waals surface area contributed by atoms with Gasteiger partial charge in [0, 0.05) is 43.2 Å². The van der Waals surface area contributed by atoms with Gasteiger partial charge in [-0.05, 0) is 62.2 Å². The molecule has 1 aromatic carbocycles. The summed E-state index contributed by atoms with van der Waals surface area (Å²) in [5.74, 6) is 0.322. The van der Waals surface area contributed by atoms with Crippen LogP contribution in [-0.2, 0) is 16.0 Å². The zero-order valence-electron chi connectivity index (χ0n) is 20.5. The van der Waals surface area contributed by atoms with Crippen molar-refractivity contribution in [2.75, 3.05) is 32.2 Å². The summed E-state index contributed by atoms with van der Waals surface area (Å²) in [5, 5.41) is 2.65. The number of methoxy groups -OCH3 is 1. The maximum Gasteiger partial charge on any atom is 0.413 e. The van der Waals surface area contributed by atoms with Crippen LogP contribution in [0.5, 0.6) is 0 Å². The maximum absolute atomic E-state index is 11.9. The lowest BCUT2D eigenvalue weighted by molar-refractivity contribution is 0.111. The van der Waals surface area contributed by atoms with Gasteiger partial charge in [-0.1, -0.05) is 12.1 Å². The number of imidazole rings is 1. The van der Waals surface area contributed by atoms with E-state index in [0.29, 0.717) is 17.5 Å². The quantitative estimate of drug-likeness (QED) is 0.366. The maximum atomic E-state index is 11.9. The lowest BCUT2D eigenvalue weighted by atomic mass is 10.0. The molecular formula is C27H30N6O3. The van der Waals surface area contributed by atoms with Crippen molar-refractivity contribution in [1.29, 1.82) is 0 Å². The molecule has 0 bridgehead atoms. The molecule has 0 unspecified atom stereocenters. The highest BCUT2D eigenvalue weighted by molar-refractivity contribution is 5.97. The van der Waals surface area contributed by atoms with E-state index in [1.165, 1.54) is 12.8 Å². The van der Waals surface area contributed by atoms with Crippen LogP contribution in [0.2, 0.25) is 0 Å². The second-order valence-corrected chi connectivity index (χ2v) is 8.82. The standard InChI is InChI=1S/C27H30N6O3/c1-3-36-27(34)32-26-30-24-14-19(13-22(25(24)31-26)23-8-4-5-11-28-23)18-9-10-20(29-15-18)16-33-12-6-7-21(33)17-35-2/h4-5,8-11,13-15,21H,3,6-7,12,16-17H2,1-2H3,(H2,30,31,32,34)/t21-/m0/s1. The van der Waals surface area contributed by atoms with Crippen LogP contribution in [-0.4, -0.2) is 63.8 Å². The molecule has 186 valence electrons. The molecule has 1 aliphatic rings. The number of pyridine rings is 2. The molecule has 4 heterocycles. The van der Waals surface area contributed by atoms with Crippen molar-refractivity contribution >= 4 is 23.1 Å². The first-order valence-electron chi connectivity index (χ1n) is 12.2. The first-order chi connectivity index (χ1) is 17.6. The molecule has 2 N–H and O–H groups in total. The number of fused-ring (bicyclic) bond motifs is 1. The third-order valence-corrected chi connectivity index (χ3v) is 6.41. The number of benzene rings is 1. The predicted octanol–water partition coefficient (Wildman–Crippen LogP) is 4.87. The Morgan fingerprint density at radius 2 is 2.11 bits per heavy atom. The van der Waals surface area contributed by atoms with E-state index in [0.717, 1.165) is 53.3 Å². The largest absolute Gasteiger partial charge is 0.450 e. The number of likely N-dealkylation sites (tertiary alicyclic amines) is 1. The number of amides is 1. The monoisotopic (exact) mass is 486 g/mol. The Balaban J connectivity index is 1.46. The number of nitrogens with zero attached hydrogens (tertiary/aromatic N) is 4. The Labute approximate surface area is 209 Å². The molecule has 1 atom stereocenters.